The van der Waals surface area contributed by atoms with E-state index in [0.29, 0.717) is 12.4 Å². The number of benzene rings is 1. The standard InChI is InChI=1S/C20H21N5O2S/c1-2-3-9-24-18(23-10-8-14(21)12-23)11-19(26)25(20(24)27)13-17-22-15-6-4-5-7-16(15)28-17/h4-7,11,14H,8-10,12-13,21H2,1H3/t14-/m1/s1. The van der Waals surface area contributed by atoms with Gasteiger partial charge >= 0.3 is 5.69 Å². The van der Waals surface area contributed by atoms with Gasteiger partial charge in [0.2, 0.25) is 0 Å². The first kappa shape index (κ1) is 18.5. The lowest BCUT2D eigenvalue weighted by atomic mass is 10.3. The highest BCUT2D eigenvalue weighted by Gasteiger charge is 2.24. The number of hydrogen-bond donors (Lipinski definition) is 1. The Morgan fingerprint density at radius 1 is 1.29 bits per heavy atom. The Hall–Kier alpha value is -2.89. The van der Waals surface area contributed by atoms with Crippen molar-refractivity contribution in [2.75, 3.05) is 18.0 Å². The summed E-state index contributed by atoms with van der Waals surface area (Å²) in [5.74, 6) is 6.35. The van der Waals surface area contributed by atoms with E-state index in [1.54, 1.807) is 11.5 Å². The monoisotopic (exact) mass is 395 g/mol. The molecule has 7 nitrogen and oxygen atoms in total. The summed E-state index contributed by atoms with van der Waals surface area (Å²) in [4.78, 5) is 32.5. The van der Waals surface area contributed by atoms with Gasteiger partial charge in [0.15, 0.2) is 0 Å². The van der Waals surface area contributed by atoms with E-state index in [4.69, 9.17) is 5.73 Å². The average molecular weight is 395 g/mol. The Labute approximate surface area is 166 Å². The summed E-state index contributed by atoms with van der Waals surface area (Å²) in [7, 11) is 0. The molecule has 1 saturated heterocycles. The van der Waals surface area contributed by atoms with Crippen LogP contribution in [0.1, 0.15) is 18.4 Å². The predicted octanol–water partition coefficient (Wildman–Crippen LogP) is 1.23. The number of hydrogen-bond acceptors (Lipinski definition) is 6. The first-order valence-corrected chi connectivity index (χ1v) is 9.97. The smallest absolute Gasteiger partial charge is 0.333 e. The van der Waals surface area contributed by atoms with Crippen LogP contribution in [0.15, 0.2) is 39.9 Å². The molecular weight excluding hydrogens is 374 g/mol. The molecule has 0 bridgehead atoms. The van der Waals surface area contributed by atoms with Gasteiger partial charge in [-0.15, -0.1) is 17.3 Å². The van der Waals surface area contributed by atoms with Crippen LogP contribution in [-0.2, 0) is 13.1 Å². The van der Waals surface area contributed by atoms with Crippen LogP contribution in [0, 0.1) is 11.8 Å². The van der Waals surface area contributed by atoms with E-state index in [1.807, 2.05) is 29.2 Å². The lowest BCUT2D eigenvalue weighted by molar-refractivity contribution is 0.614. The van der Waals surface area contributed by atoms with Crippen LogP contribution >= 0.6 is 11.3 Å². The van der Waals surface area contributed by atoms with Crippen LogP contribution in [0.2, 0.25) is 0 Å². The van der Waals surface area contributed by atoms with Gasteiger partial charge in [-0.05, 0) is 25.5 Å². The summed E-state index contributed by atoms with van der Waals surface area (Å²) in [6.07, 6.45) is 0.836. The maximum atomic E-state index is 13.2. The number of nitrogens with zero attached hydrogens (tertiary/aromatic N) is 4. The highest BCUT2D eigenvalue weighted by Crippen LogP contribution is 2.22. The quantitative estimate of drug-likeness (QED) is 0.672. The summed E-state index contributed by atoms with van der Waals surface area (Å²) >= 11 is 1.49. The molecule has 144 valence electrons. The number of aromatic nitrogens is 3. The third kappa shape index (κ3) is 3.46. The number of anilines is 1. The Kier molecular flexibility index (Phi) is 5.03. The summed E-state index contributed by atoms with van der Waals surface area (Å²) < 4.78 is 3.82. The van der Waals surface area contributed by atoms with Gasteiger partial charge in [0, 0.05) is 25.2 Å². The molecule has 0 saturated carbocycles. The van der Waals surface area contributed by atoms with Crippen LogP contribution in [0.3, 0.4) is 0 Å². The van der Waals surface area contributed by atoms with Gasteiger partial charge in [-0.1, -0.05) is 18.1 Å². The molecule has 3 aromatic rings. The average Bonchev–Trinajstić information content (AvgIpc) is 3.29. The minimum absolute atomic E-state index is 0.0472. The molecule has 0 radical (unpaired) electrons. The van der Waals surface area contributed by atoms with E-state index in [-0.39, 0.29) is 30.4 Å². The summed E-state index contributed by atoms with van der Waals surface area (Å²) in [6, 6.07) is 9.34. The van der Waals surface area contributed by atoms with Crippen molar-refractivity contribution in [1.29, 1.82) is 0 Å². The molecule has 0 spiro atoms. The van der Waals surface area contributed by atoms with Crippen LogP contribution in [0.25, 0.3) is 10.2 Å². The maximum absolute atomic E-state index is 13.2. The van der Waals surface area contributed by atoms with Crippen molar-refractivity contribution in [2.45, 2.75) is 32.5 Å². The Bertz CT molecular complexity index is 1160. The minimum Gasteiger partial charge on any atom is -0.356 e. The van der Waals surface area contributed by atoms with Gasteiger partial charge in [0.05, 0.1) is 23.3 Å². The highest BCUT2D eigenvalue weighted by molar-refractivity contribution is 7.18. The second-order valence-electron chi connectivity index (χ2n) is 6.79. The zero-order valence-corrected chi connectivity index (χ0v) is 16.4. The molecule has 1 atom stereocenters. The van der Waals surface area contributed by atoms with Crippen LogP contribution in [0.5, 0.6) is 0 Å². The normalized spacial score (nSPS) is 16.4. The van der Waals surface area contributed by atoms with Crippen molar-refractivity contribution in [3.63, 3.8) is 0 Å². The maximum Gasteiger partial charge on any atom is 0.333 e. The van der Waals surface area contributed by atoms with E-state index in [1.165, 1.54) is 22.0 Å². The highest BCUT2D eigenvalue weighted by atomic mass is 32.1. The fourth-order valence-corrected chi connectivity index (χ4v) is 4.39. The second-order valence-corrected chi connectivity index (χ2v) is 7.91. The number of fused-ring (bicyclic) bond motifs is 1. The zero-order valence-electron chi connectivity index (χ0n) is 15.6. The Morgan fingerprint density at radius 2 is 2.11 bits per heavy atom. The molecular formula is C20H21N5O2S. The van der Waals surface area contributed by atoms with E-state index >= 15 is 0 Å². The van der Waals surface area contributed by atoms with Crippen LogP contribution < -0.4 is 21.9 Å². The fourth-order valence-electron chi connectivity index (χ4n) is 3.44. The van der Waals surface area contributed by atoms with Gasteiger partial charge < -0.3 is 10.6 Å². The molecule has 8 heteroatoms. The van der Waals surface area contributed by atoms with Crippen molar-refractivity contribution in [2.24, 2.45) is 5.73 Å². The summed E-state index contributed by atoms with van der Waals surface area (Å²) in [6.45, 7) is 3.46. The molecule has 28 heavy (non-hydrogen) atoms. The summed E-state index contributed by atoms with van der Waals surface area (Å²) in [5, 5.41) is 0.726. The predicted molar refractivity (Wildman–Crippen MR) is 112 cm³/mol. The van der Waals surface area contributed by atoms with Crippen molar-refractivity contribution < 1.29 is 0 Å². The van der Waals surface area contributed by atoms with Gasteiger partial charge in [0.25, 0.3) is 5.56 Å². The first-order chi connectivity index (χ1) is 13.6. The molecule has 0 amide bonds. The second kappa shape index (κ2) is 7.62. The SMILES string of the molecule is CC#CCn1c(N2CC[C@@H](N)C2)cc(=O)n(Cc2nc3ccccc3s2)c1=O. The minimum atomic E-state index is -0.370. The number of thiazole rings is 1. The van der Waals surface area contributed by atoms with Crippen molar-refractivity contribution in [1.82, 2.24) is 14.1 Å². The zero-order chi connectivity index (χ0) is 19.7. The molecule has 4 rings (SSSR count). The van der Waals surface area contributed by atoms with Crippen LogP contribution in [0.4, 0.5) is 5.82 Å². The number of nitrogens with two attached hydrogens (primary N) is 1. The Balaban J connectivity index is 1.77. The van der Waals surface area contributed by atoms with Gasteiger partial charge in [-0.2, -0.15) is 0 Å². The molecule has 1 fully saturated rings. The summed E-state index contributed by atoms with van der Waals surface area (Å²) in [5.41, 5.74) is 6.18. The van der Waals surface area contributed by atoms with Crippen molar-refractivity contribution in [3.05, 3.63) is 56.2 Å². The van der Waals surface area contributed by atoms with Gasteiger partial charge in [-0.3, -0.25) is 13.9 Å². The van der Waals surface area contributed by atoms with E-state index in [2.05, 4.69) is 16.8 Å². The number of rotatable bonds is 4. The van der Waals surface area contributed by atoms with Crippen LogP contribution in [-0.4, -0.2) is 33.2 Å². The van der Waals surface area contributed by atoms with Crippen molar-refractivity contribution in [3.8, 4) is 11.8 Å². The lowest BCUT2D eigenvalue weighted by Crippen LogP contribution is -2.43. The van der Waals surface area contributed by atoms with E-state index < -0.39 is 0 Å². The Morgan fingerprint density at radius 3 is 2.82 bits per heavy atom. The van der Waals surface area contributed by atoms with E-state index in [0.717, 1.165) is 28.2 Å². The van der Waals surface area contributed by atoms with Gasteiger partial charge in [0.1, 0.15) is 10.8 Å². The molecule has 2 N–H and O–H groups in total. The third-order valence-electron chi connectivity index (χ3n) is 4.85. The van der Waals surface area contributed by atoms with Crippen molar-refractivity contribution >= 4 is 27.4 Å². The van der Waals surface area contributed by atoms with E-state index in [9.17, 15) is 9.59 Å². The third-order valence-corrected chi connectivity index (χ3v) is 5.87. The topological polar surface area (TPSA) is 86.2 Å². The lowest BCUT2D eigenvalue weighted by Gasteiger charge is -2.22. The fraction of sp³-hybridized carbons (Fsp3) is 0.350. The molecule has 3 heterocycles. The largest absolute Gasteiger partial charge is 0.356 e. The molecule has 1 aromatic carbocycles. The molecule has 1 aliphatic heterocycles. The first-order valence-electron chi connectivity index (χ1n) is 9.16. The molecule has 1 aliphatic rings. The molecule has 0 aliphatic carbocycles. The molecule has 2 aromatic heterocycles. The molecule has 0 unspecified atom stereocenters. The van der Waals surface area contributed by atoms with Gasteiger partial charge in [-0.25, -0.2) is 9.78 Å². The number of para-hydroxylation sites is 1.